The summed E-state index contributed by atoms with van der Waals surface area (Å²) in [7, 11) is 0. The fourth-order valence-corrected chi connectivity index (χ4v) is 1.42. The van der Waals surface area contributed by atoms with Gasteiger partial charge in [0.15, 0.2) is 5.82 Å². The molecule has 3 nitrogen and oxygen atoms in total. The summed E-state index contributed by atoms with van der Waals surface area (Å²) in [4.78, 5) is 11.7. The molecular weight excluding hydrogens is 238 g/mol. The summed E-state index contributed by atoms with van der Waals surface area (Å²) in [6.07, 6.45) is 0.713. The van der Waals surface area contributed by atoms with Gasteiger partial charge in [-0.15, -0.1) is 0 Å². The number of hydrogen-bond acceptors (Lipinski definition) is 2. The molecule has 0 radical (unpaired) electrons. The Hall–Kier alpha value is -1.65. The number of anilines is 1. The maximum Gasteiger partial charge on any atom is 0.257 e. The van der Waals surface area contributed by atoms with Gasteiger partial charge in [0, 0.05) is 6.54 Å². The Labute approximate surface area is 105 Å². The normalized spacial score (nSPS) is 11.4. The Balaban J connectivity index is 2.76. The molecule has 100 valence electrons. The number of halogens is 2. The molecule has 3 N–H and O–H groups in total. The summed E-state index contributed by atoms with van der Waals surface area (Å²) in [6.45, 7) is 6.40. The standard InChI is InChI=1S/C13H18F2N2O/c1-13(2,3)6-7-17-12(18)10-8(14)4-5-9(16)11(10)15/h4-5H,6-7,16H2,1-3H3,(H,17,18). The number of nitrogen functional groups attached to an aromatic ring is 1. The van der Waals surface area contributed by atoms with Gasteiger partial charge in [0.05, 0.1) is 5.69 Å². The lowest BCUT2D eigenvalue weighted by molar-refractivity contribution is 0.0941. The van der Waals surface area contributed by atoms with Gasteiger partial charge in [-0.05, 0) is 24.0 Å². The number of nitrogens with two attached hydrogens (primary N) is 1. The van der Waals surface area contributed by atoms with E-state index in [9.17, 15) is 13.6 Å². The molecule has 0 bridgehead atoms. The number of rotatable bonds is 3. The maximum atomic E-state index is 13.5. The fourth-order valence-electron chi connectivity index (χ4n) is 1.42. The highest BCUT2D eigenvalue weighted by Gasteiger charge is 2.19. The molecule has 5 heteroatoms. The van der Waals surface area contributed by atoms with Gasteiger partial charge in [0.25, 0.3) is 5.91 Å². The molecule has 1 aromatic rings. The third kappa shape index (κ3) is 3.68. The molecule has 1 amide bonds. The molecule has 0 heterocycles. The second-order valence-electron chi connectivity index (χ2n) is 5.39. The van der Waals surface area contributed by atoms with Gasteiger partial charge in [-0.25, -0.2) is 8.78 Å². The van der Waals surface area contributed by atoms with Crippen molar-refractivity contribution in [1.29, 1.82) is 0 Å². The molecule has 0 atom stereocenters. The van der Waals surface area contributed by atoms with Crippen LogP contribution in [-0.4, -0.2) is 12.5 Å². The Morgan fingerprint density at radius 2 is 1.94 bits per heavy atom. The minimum atomic E-state index is -1.01. The van der Waals surface area contributed by atoms with E-state index in [-0.39, 0.29) is 11.1 Å². The maximum absolute atomic E-state index is 13.5. The Bertz CT molecular complexity index is 453. The number of amides is 1. The highest BCUT2D eigenvalue weighted by Crippen LogP contribution is 2.19. The van der Waals surface area contributed by atoms with Crippen molar-refractivity contribution in [3.05, 3.63) is 29.3 Å². The van der Waals surface area contributed by atoms with E-state index in [2.05, 4.69) is 5.32 Å². The Kier molecular flexibility index (Phi) is 4.27. The van der Waals surface area contributed by atoms with E-state index >= 15 is 0 Å². The molecule has 0 fully saturated rings. The van der Waals surface area contributed by atoms with Crippen LogP contribution in [-0.2, 0) is 0 Å². The zero-order chi connectivity index (χ0) is 13.9. The molecule has 0 unspecified atom stereocenters. The third-order valence-corrected chi connectivity index (χ3v) is 2.51. The van der Waals surface area contributed by atoms with Gasteiger partial charge in [-0.1, -0.05) is 20.8 Å². The number of carbonyl (C=O) groups is 1. The van der Waals surface area contributed by atoms with Gasteiger partial charge in [0.2, 0.25) is 0 Å². The van der Waals surface area contributed by atoms with E-state index in [1.807, 2.05) is 20.8 Å². The molecule has 0 saturated carbocycles. The number of hydrogen-bond donors (Lipinski definition) is 2. The van der Waals surface area contributed by atoms with Gasteiger partial charge < -0.3 is 11.1 Å². The largest absolute Gasteiger partial charge is 0.396 e. The van der Waals surface area contributed by atoms with Crippen LogP contribution in [0.2, 0.25) is 0 Å². The summed E-state index contributed by atoms with van der Waals surface area (Å²) in [6, 6.07) is 2.08. The van der Waals surface area contributed by atoms with Crippen molar-refractivity contribution < 1.29 is 13.6 Å². The lowest BCUT2D eigenvalue weighted by Crippen LogP contribution is -2.29. The van der Waals surface area contributed by atoms with Crippen LogP contribution in [0, 0.1) is 17.0 Å². The highest BCUT2D eigenvalue weighted by atomic mass is 19.1. The predicted octanol–water partition coefficient (Wildman–Crippen LogP) is 2.71. The summed E-state index contributed by atoms with van der Waals surface area (Å²) in [5, 5.41) is 2.49. The molecule has 1 aromatic carbocycles. The Morgan fingerprint density at radius 1 is 1.33 bits per heavy atom. The molecule has 1 rings (SSSR count). The van der Waals surface area contributed by atoms with Crippen LogP contribution in [0.1, 0.15) is 37.6 Å². The first kappa shape index (κ1) is 14.4. The van der Waals surface area contributed by atoms with E-state index < -0.39 is 23.1 Å². The van der Waals surface area contributed by atoms with Crippen molar-refractivity contribution >= 4 is 11.6 Å². The SMILES string of the molecule is CC(C)(C)CCNC(=O)c1c(F)ccc(N)c1F. The quantitative estimate of drug-likeness (QED) is 0.817. The average Bonchev–Trinajstić information content (AvgIpc) is 2.22. The first-order valence-electron chi connectivity index (χ1n) is 5.74. The van der Waals surface area contributed by atoms with Crippen molar-refractivity contribution in [2.45, 2.75) is 27.2 Å². The van der Waals surface area contributed by atoms with Crippen LogP contribution in [0.3, 0.4) is 0 Å². The van der Waals surface area contributed by atoms with E-state index in [4.69, 9.17) is 5.73 Å². The lowest BCUT2D eigenvalue weighted by Gasteiger charge is -2.18. The molecular formula is C13H18F2N2O. The molecule has 0 aliphatic rings. The van der Waals surface area contributed by atoms with Crippen molar-refractivity contribution in [2.24, 2.45) is 5.41 Å². The monoisotopic (exact) mass is 256 g/mol. The number of nitrogens with one attached hydrogen (secondary N) is 1. The van der Waals surface area contributed by atoms with Crippen molar-refractivity contribution in [2.75, 3.05) is 12.3 Å². The Morgan fingerprint density at radius 3 is 2.50 bits per heavy atom. The second-order valence-corrected chi connectivity index (χ2v) is 5.39. The molecule has 0 spiro atoms. The van der Waals surface area contributed by atoms with Crippen LogP contribution < -0.4 is 11.1 Å². The smallest absolute Gasteiger partial charge is 0.257 e. The van der Waals surface area contributed by atoms with Crippen LogP contribution >= 0.6 is 0 Å². The molecule has 0 aromatic heterocycles. The summed E-state index contributed by atoms with van der Waals surface area (Å²) < 4.78 is 26.9. The first-order chi connectivity index (χ1) is 8.22. The third-order valence-electron chi connectivity index (χ3n) is 2.51. The van der Waals surface area contributed by atoms with Crippen LogP contribution in [0.25, 0.3) is 0 Å². The summed E-state index contributed by atoms with van der Waals surface area (Å²) in [5.74, 6) is -2.69. The zero-order valence-electron chi connectivity index (χ0n) is 10.8. The molecule has 0 aliphatic carbocycles. The fraction of sp³-hybridized carbons (Fsp3) is 0.462. The van der Waals surface area contributed by atoms with E-state index in [0.29, 0.717) is 13.0 Å². The van der Waals surface area contributed by atoms with Gasteiger partial charge in [-0.2, -0.15) is 0 Å². The number of carbonyl (C=O) groups excluding carboxylic acids is 1. The van der Waals surface area contributed by atoms with Crippen LogP contribution in [0.15, 0.2) is 12.1 Å². The molecule has 18 heavy (non-hydrogen) atoms. The lowest BCUT2D eigenvalue weighted by atomic mass is 9.92. The zero-order valence-corrected chi connectivity index (χ0v) is 10.8. The predicted molar refractivity (Wildman–Crippen MR) is 67.2 cm³/mol. The van der Waals surface area contributed by atoms with Crippen LogP contribution in [0.4, 0.5) is 14.5 Å². The van der Waals surface area contributed by atoms with E-state index in [0.717, 1.165) is 12.1 Å². The van der Waals surface area contributed by atoms with Crippen molar-refractivity contribution in [3.8, 4) is 0 Å². The average molecular weight is 256 g/mol. The first-order valence-corrected chi connectivity index (χ1v) is 5.74. The van der Waals surface area contributed by atoms with E-state index in [1.165, 1.54) is 0 Å². The highest BCUT2D eigenvalue weighted by molar-refractivity contribution is 5.95. The number of benzene rings is 1. The minimum Gasteiger partial charge on any atom is -0.396 e. The van der Waals surface area contributed by atoms with Gasteiger partial charge >= 0.3 is 0 Å². The van der Waals surface area contributed by atoms with E-state index in [1.54, 1.807) is 0 Å². The van der Waals surface area contributed by atoms with Crippen LogP contribution in [0.5, 0.6) is 0 Å². The topological polar surface area (TPSA) is 55.1 Å². The van der Waals surface area contributed by atoms with Crippen molar-refractivity contribution in [1.82, 2.24) is 5.32 Å². The molecule has 0 aliphatic heterocycles. The molecule has 0 saturated heterocycles. The van der Waals surface area contributed by atoms with Crippen molar-refractivity contribution in [3.63, 3.8) is 0 Å². The second kappa shape index (κ2) is 5.33. The minimum absolute atomic E-state index is 0.0418. The van der Waals surface area contributed by atoms with Gasteiger partial charge in [0.1, 0.15) is 11.4 Å². The summed E-state index contributed by atoms with van der Waals surface area (Å²) in [5.41, 5.74) is 4.49. The summed E-state index contributed by atoms with van der Waals surface area (Å²) >= 11 is 0. The van der Waals surface area contributed by atoms with Gasteiger partial charge in [-0.3, -0.25) is 4.79 Å².